The van der Waals surface area contributed by atoms with E-state index in [-0.39, 0.29) is 11.2 Å². The zero-order valence-corrected chi connectivity index (χ0v) is 19.7. The smallest absolute Gasteiger partial charge is 0.233 e. The molecule has 2 aromatic heterocycles. The molecule has 0 spiro atoms. The predicted octanol–water partition coefficient (Wildman–Crippen LogP) is 4.84. The highest BCUT2D eigenvalue weighted by Crippen LogP contribution is 2.32. The molecule has 0 aliphatic rings. The van der Waals surface area contributed by atoms with E-state index in [0.717, 1.165) is 33.8 Å². The zero-order chi connectivity index (χ0) is 20.8. The van der Waals surface area contributed by atoms with Crippen molar-refractivity contribution in [3.63, 3.8) is 0 Å². The maximum Gasteiger partial charge on any atom is 0.233 e. The molecule has 0 aliphatic heterocycles. The van der Waals surface area contributed by atoms with Crippen LogP contribution in [0.25, 0.3) is 10.2 Å². The van der Waals surface area contributed by atoms with Crippen molar-refractivity contribution >= 4 is 51.0 Å². The first-order valence-electron chi connectivity index (χ1n) is 9.82. The number of benzene rings is 1. The molecule has 156 valence electrons. The molecule has 0 radical (unpaired) electrons. The number of hydrogen-bond donors (Lipinski definition) is 1. The molecule has 1 unspecified atom stereocenters. The average Bonchev–Trinajstić information content (AvgIpc) is 3.28. The van der Waals surface area contributed by atoms with Gasteiger partial charge in [-0.05, 0) is 38.3 Å². The number of para-hydroxylation sites is 1. The molecule has 1 atom stereocenters. The molecule has 0 fully saturated rings. The number of carbonyl (C=O) groups is 1. The quantitative estimate of drug-likeness (QED) is 0.446. The van der Waals surface area contributed by atoms with Crippen LogP contribution in [0, 0.1) is 5.92 Å². The van der Waals surface area contributed by atoms with Crippen molar-refractivity contribution in [1.82, 2.24) is 25.1 Å². The van der Waals surface area contributed by atoms with Gasteiger partial charge in [0.15, 0.2) is 9.50 Å². The molecular weight excluding hydrogens is 422 g/mol. The Kier molecular flexibility index (Phi) is 7.97. The number of hydrogen-bond acceptors (Lipinski definition) is 7. The fourth-order valence-corrected chi connectivity index (χ4v) is 5.67. The number of aromatic nitrogens is 4. The van der Waals surface area contributed by atoms with Crippen LogP contribution in [-0.2, 0) is 17.1 Å². The first-order valence-corrected chi connectivity index (χ1v) is 12.5. The maximum atomic E-state index is 12.3. The number of nitrogens with zero attached hydrogens (tertiary/aromatic N) is 4. The van der Waals surface area contributed by atoms with E-state index >= 15 is 0 Å². The fourth-order valence-electron chi connectivity index (χ4n) is 2.71. The van der Waals surface area contributed by atoms with Gasteiger partial charge in [0.1, 0.15) is 5.82 Å². The van der Waals surface area contributed by atoms with Crippen molar-refractivity contribution in [3.8, 4) is 0 Å². The third kappa shape index (κ3) is 5.96. The molecular formula is C20H27N5OS3. The molecule has 1 N–H and O–H groups in total. The maximum absolute atomic E-state index is 12.3. The third-order valence-electron chi connectivity index (χ3n) is 4.38. The molecule has 6 nitrogen and oxygen atoms in total. The summed E-state index contributed by atoms with van der Waals surface area (Å²) in [5.41, 5.74) is 1.03. The lowest BCUT2D eigenvalue weighted by Gasteiger charge is -2.13. The minimum Gasteiger partial charge on any atom is -0.355 e. The summed E-state index contributed by atoms with van der Waals surface area (Å²) in [5.74, 6) is 2.24. The Labute approximate surface area is 184 Å². The SMILES string of the molecule is CCn1c(CSc2nc3ccccc3s2)nnc1SC(C)C(=O)NCCC(C)C. The Hall–Kier alpha value is -1.58. The second-order valence-corrected chi connectivity index (χ2v) is 10.7. The van der Waals surface area contributed by atoms with Gasteiger partial charge in [-0.25, -0.2) is 4.98 Å². The minimum atomic E-state index is -0.207. The van der Waals surface area contributed by atoms with Crippen molar-refractivity contribution in [2.45, 2.75) is 61.2 Å². The van der Waals surface area contributed by atoms with Crippen LogP contribution < -0.4 is 5.32 Å². The molecule has 0 saturated heterocycles. The molecule has 29 heavy (non-hydrogen) atoms. The number of thioether (sulfide) groups is 2. The largest absolute Gasteiger partial charge is 0.355 e. The van der Waals surface area contributed by atoms with Crippen LogP contribution in [-0.4, -0.2) is 37.5 Å². The molecule has 3 rings (SSSR count). The molecule has 2 heterocycles. The fraction of sp³-hybridized carbons (Fsp3) is 0.500. The summed E-state index contributed by atoms with van der Waals surface area (Å²) >= 11 is 4.84. The van der Waals surface area contributed by atoms with Gasteiger partial charge in [0, 0.05) is 13.1 Å². The molecule has 3 aromatic rings. The van der Waals surface area contributed by atoms with E-state index in [9.17, 15) is 4.79 Å². The number of carbonyl (C=O) groups excluding carboxylic acids is 1. The van der Waals surface area contributed by atoms with E-state index < -0.39 is 0 Å². The van der Waals surface area contributed by atoms with Crippen molar-refractivity contribution in [2.75, 3.05) is 6.54 Å². The van der Waals surface area contributed by atoms with Gasteiger partial charge in [-0.3, -0.25) is 4.79 Å². The van der Waals surface area contributed by atoms with Gasteiger partial charge >= 0.3 is 0 Å². The summed E-state index contributed by atoms with van der Waals surface area (Å²) in [7, 11) is 0. The Morgan fingerprint density at radius 2 is 2.03 bits per heavy atom. The van der Waals surface area contributed by atoms with E-state index in [1.54, 1.807) is 23.1 Å². The first kappa shape index (κ1) is 22.1. The monoisotopic (exact) mass is 449 g/mol. The number of fused-ring (bicyclic) bond motifs is 1. The lowest BCUT2D eigenvalue weighted by molar-refractivity contribution is -0.120. The van der Waals surface area contributed by atoms with Crippen LogP contribution in [0.5, 0.6) is 0 Å². The van der Waals surface area contributed by atoms with Gasteiger partial charge in [0.25, 0.3) is 0 Å². The molecule has 0 saturated carbocycles. The standard InChI is InChI=1S/C20H27N5OS3/c1-5-25-17(12-27-20-22-15-8-6-7-9-16(15)29-20)23-24-19(25)28-14(4)18(26)21-11-10-13(2)3/h6-9,13-14H,5,10-12H2,1-4H3,(H,21,26). The number of thiazole rings is 1. The van der Waals surface area contributed by atoms with E-state index in [1.165, 1.54) is 16.5 Å². The van der Waals surface area contributed by atoms with Crippen molar-refractivity contribution in [2.24, 2.45) is 5.92 Å². The topological polar surface area (TPSA) is 72.7 Å². The second-order valence-electron chi connectivity index (χ2n) is 7.11. The number of rotatable bonds is 10. The summed E-state index contributed by atoms with van der Waals surface area (Å²) in [6, 6.07) is 8.17. The van der Waals surface area contributed by atoms with E-state index in [2.05, 4.69) is 51.9 Å². The molecule has 1 aromatic carbocycles. The summed E-state index contributed by atoms with van der Waals surface area (Å²) in [6.45, 7) is 9.79. The van der Waals surface area contributed by atoms with Crippen molar-refractivity contribution < 1.29 is 4.79 Å². The van der Waals surface area contributed by atoms with Gasteiger partial charge in [0.05, 0.1) is 21.2 Å². The Morgan fingerprint density at radius 1 is 1.24 bits per heavy atom. The lowest BCUT2D eigenvalue weighted by atomic mass is 10.1. The highest BCUT2D eigenvalue weighted by molar-refractivity contribution is 8.00. The summed E-state index contributed by atoms with van der Waals surface area (Å²) in [5, 5.41) is 12.3. The summed E-state index contributed by atoms with van der Waals surface area (Å²) in [6.07, 6.45) is 0.988. The average molecular weight is 450 g/mol. The van der Waals surface area contributed by atoms with Crippen LogP contribution >= 0.6 is 34.9 Å². The minimum absolute atomic E-state index is 0.0479. The second kappa shape index (κ2) is 10.4. The van der Waals surface area contributed by atoms with Gasteiger partial charge in [-0.2, -0.15) is 0 Å². The van der Waals surface area contributed by atoms with Crippen LogP contribution in [0.2, 0.25) is 0 Å². The first-order chi connectivity index (χ1) is 14.0. The van der Waals surface area contributed by atoms with E-state index in [1.807, 2.05) is 25.1 Å². The molecule has 0 bridgehead atoms. The van der Waals surface area contributed by atoms with Crippen molar-refractivity contribution in [1.29, 1.82) is 0 Å². The van der Waals surface area contributed by atoms with E-state index in [0.29, 0.717) is 18.2 Å². The Bertz CT molecular complexity index is 920. The predicted molar refractivity (Wildman–Crippen MR) is 123 cm³/mol. The van der Waals surface area contributed by atoms with Crippen molar-refractivity contribution in [3.05, 3.63) is 30.1 Å². The highest BCUT2D eigenvalue weighted by Gasteiger charge is 2.20. The van der Waals surface area contributed by atoms with Crippen LogP contribution in [0.1, 0.15) is 39.9 Å². The zero-order valence-electron chi connectivity index (χ0n) is 17.2. The highest BCUT2D eigenvalue weighted by atomic mass is 32.2. The lowest BCUT2D eigenvalue weighted by Crippen LogP contribution is -2.32. The molecule has 0 aliphatic carbocycles. The van der Waals surface area contributed by atoms with Crippen LogP contribution in [0.4, 0.5) is 0 Å². The van der Waals surface area contributed by atoms with Gasteiger partial charge in [-0.15, -0.1) is 21.5 Å². The van der Waals surface area contributed by atoms with Gasteiger partial charge in [-0.1, -0.05) is 49.5 Å². The van der Waals surface area contributed by atoms with Gasteiger partial charge in [0.2, 0.25) is 5.91 Å². The van der Waals surface area contributed by atoms with Gasteiger partial charge < -0.3 is 9.88 Å². The van der Waals surface area contributed by atoms with E-state index in [4.69, 9.17) is 0 Å². The van der Waals surface area contributed by atoms with Crippen LogP contribution in [0.3, 0.4) is 0 Å². The third-order valence-corrected chi connectivity index (χ3v) is 7.64. The number of nitrogens with one attached hydrogen (secondary N) is 1. The number of amides is 1. The summed E-state index contributed by atoms with van der Waals surface area (Å²) < 4.78 is 4.31. The Balaban J connectivity index is 1.59. The Morgan fingerprint density at radius 3 is 2.76 bits per heavy atom. The van der Waals surface area contributed by atoms with Crippen LogP contribution in [0.15, 0.2) is 33.8 Å². The molecule has 9 heteroatoms. The molecule has 1 amide bonds. The normalized spacial score (nSPS) is 12.6. The summed E-state index contributed by atoms with van der Waals surface area (Å²) in [4.78, 5) is 17.0.